The van der Waals surface area contributed by atoms with Crippen LogP contribution in [-0.2, 0) is 6.42 Å². The van der Waals surface area contributed by atoms with Gasteiger partial charge in [-0.15, -0.1) is 23.5 Å². The summed E-state index contributed by atoms with van der Waals surface area (Å²) in [5.74, 6) is 0. The topological polar surface area (TPSA) is 0 Å². The average Bonchev–Trinajstić information content (AvgIpc) is 2.20. The first-order chi connectivity index (χ1) is 6.86. The molecule has 0 nitrogen and oxygen atoms in total. The van der Waals surface area contributed by atoms with E-state index in [1.54, 1.807) is 23.5 Å². The number of hydrogen-bond acceptors (Lipinski definition) is 2. The van der Waals surface area contributed by atoms with Crippen LogP contribution in [0.3, 0.4) is 0 Å². The second-order valence-corrected chi connectivity index (χ2v) is 5.37. The summed E-state index contributed by atoms with van der Waals surface area (Å²) in [6.45, 7) is 7.48. The standard InChI is InChI=1S/C12H14S2/c1-3-13-12(14-4-2)10-11-8-6-5-7-9-11/h3-9,12H,1-2,10H2. The molecule has 0 aliphatic rings. The second kappa shape index (κ2) is 6.80. The zero-order chi connectivity index (χ0) is 10.2. The van der Waals surface area contributed by atoms with Gasteiger partial charge in [-0.3, -0.25) is 0 Å². The van der Waals surface area contributed by atoms with Gasteiger partial charge in [0.2, 0.25) is 0 Å². The van der Waals surface area contributed by atoms with Gasteiger partial charge in [-0.25, -0.2) is 0 Å². The molecule has 0 heterocycles. The van der Waals surface area contributed by atoms with Gasteiger partial charge in [0, 0.05) is 0 Å². The first kappa shape index (κ1) is 11.5. The van der Waals surface area contributed by atoms with Crippen LogP contribution in [0.25, 0.3) is 0 Å². The first-order valence-corrected chi connectivity index (χ1v) is 6.32. The predicted molar refractivity (Wildman–Crippen MR) is 69.5 cm³/mol. The fourth-order valence-corrected chi connectivity index (χ4v) is 2.88. The summed E-state index contributed by atoms with van der Waals surface area (Å²) in [5.41, 5.74) is 1.36. The van der Waals surface area contributed by atoms with Gasteiger partial charge in [0.05, 0.1) is 4.58 Å². The van der Waals surface area contributed by atoms with Crippen LogP contribution in [0.2, 0.25) is 0 Å². The number of thioether (sulfide) groups is 2. The van der Waals surface area contributed by atoms with Crippen molar-refractivity contribution in [3.63, 3.8) is 0 Å². The molecule has 14 heavy (non-hydrogen) atoms. The SMILES string of the molecule is C=CSC(Cc1ccccc1)SC=C. The lowest BCUT2D eigenvalue weighted by atomic mass is 10.2. The van der Waals surface area contributed by atoms with Crippen molar-refractivity contribution in [1.82, 2.24) is 0 Å². The highest BCUT2D eigenvalue weighted by Gasteiger charge is 2.06. The molecule has 0 saturated heterocycles. The Bertz CT molecular complexity index is 270. The molecule has 1 aromatic carbocycles. The van der Waals surface area contributed by atoms with Gasteiger partial charge in [0.25, 0.3) is 0 Å². The third-order valence-electron chi connectivity index (χ3n) is 1.74. The van der Waals surface area contributed by atoms with Crippen molar-refractivity contribution >= 4 is 23.5 Å². The number of rotatable bonds is 6. The molecule has 0 saturated carbocycles. The molecule has 0 aliphatic heterocycles. The molecule has 0 amide bonds. The Morgan fingerprint density at radius 3 is 2.14 bits per heavy atom. The molecule has 0 aliphatic carbocycles. The van der Waals surface area contributed by atoms with Crippen molar-refractivity contribution in [1.29, 1.82) is 0 Å². The minimum atomic E-state index is 0.493. The van der Waals surface area contributed by atoms with Crippen LogP contribution in [0.15, 0.2) is 54.3 Å². The predicted octanol–water partition coefficient (Wildman–Crippen LogP) is 4.31. The van der Waals surface area contributed by atoms with Crippen LogP contribution in [0, 0.1) is 0 Å². The number of hydrogen-bond donors (Lipinski definition) is 0. The van der Waals surface area contributed by atoms with Crippen LogP contribution >= 0.6 is 23.5 Å². The highest BCUT2D eigenvalue weighted by Crippen LogP contribution is 2.28. The van der Waals surface area contributed by atoms with Gasteiger partial charge in [0.1, 0.15) is 0 Å². The number of benzene rings is 1. The molecule has 0 aromatic heterocycles. The summed E-state index contributed by atoms with van der Waals surface area (Å²) in [7, 11) is 0. The van der Waals surface area contributed by atoms with Gasteiger partial charge in [-0.05, 0) is 22.8 Å². The Kier molecular flexibility index (Phi) is 5.57. The van der Waals surface area contributed by atoms with Crippen molar-refractivity contribution in [2.75, 3.05) is 0 Å². The summed E-state index contributed by atoms with van der Waals surface area (Å²) in [5, 5.41) is 3.79. The largest absolute Gasteiger partial charge is 0.120 e. The summed E-state index contributed by atoms with van der Waals surface area (Å²) in [6, 6.07) is 10.5. The Balaban J connectivity index is 2.54. The summed E-state index contributed by atoms with van der Waals surface area (Å²) < 4.78 is 0.493. The molecule has 0 spiro atoms. The molecular weight excluding hydrogens is 208 g/mol. The molecule has 0 N–H and O–H groups in total. The lowest BCUT2D eigenvalue weighted by Crippen LogP contribution is -1.99. The monoisotopic (exact) mass is 222 g/mol. The smallest absolute Gasteiger partial charge is 0.0624 e. The van der Waals surface area contributed by atoms with E-state index >= 15 is 0 Å². The Morgan fingerprint density at radius 2 is 1.64 bits per heavy atom. The van der Waals surface area contributed by atoms with E-state index in [1.165, 1.54) is 5.56 Å². The maximum absolute atomic E-state index is 3.74. The maximum atomic E-state index is 3.74. The molecule has 0 fully saturated rings. The fraction of sp³-hybridized carbons (Fsp3) is 0.167. The highest BCUT2D eigenvalue weighted by atomic mass is 32.2. The molecule has 0 bridgehead atoms. The quantitative estimate of drug-likeness (QED) is 0.658. The van der Waals surface area contributed by atoms with E-state index in [-0.39, 0.29) is 0 Å². The normalized spacial score (nSPS) is 10.1. The van der Waals surface area contributed by atoms with Crippen molar-refractivity contribution < 1.29 is 0 Å². The molecule has 0 radical (unpaired) electrons. The van der Waals surface area contributed by atoms with Crippen LogP contribution < -0.4 is 0 Å². The maximum Gasteiger partial charge on any atom is 0.0624 e. The summed E-state index contributed by atoms with van der Waals surface area (Å²) in [6.07, 6.45) is 1.05. The van der Waals surface area contributed by atoms with E-state index in [4.69, 9.17) is 0 Å². The minimum absolute atomic E-state index is 0.493. The second-order valence-electron chi connectivity index (χ2n) is 2.72. The molecule has 1 aromatic rings. The first-order valence-electron chi connectivity index (χ1n) is 4.43. The van der Waals surface area contributed by atoms with Crippen LogP contribution in [-0.4, -0.2) is 4.58 Å². The summed E-state index contributed by atoms with van der Waals surface area (Å²) in [4.78, 5) is 0. The molecular formula is C12H14S2. The van der Waals surface area contributed by atoms with Crippen molar-refractivity contribution in [2.24, 2.45) is 0 Å². The molecule has 2 heteroatoms. The van der Waals surface area contributed by atoms with Crippen LogP contribution in [0.4, 0.5) is 0 Å². The zero-order valence-electron chi connectivity index (χ0n) is 8.06. The molecule has 74 valence electrons. The van der Waals surface area contributed by atoms with Gasteiger partial charge < -0.3 is 0 Å². The van der Waals surface area contributed by atoms with Crippen molar-refractivity contribution in [2.45, 2.75) is 11.0 Å². The minimum Gasteiger partial charge on any atom is -0.120 e. The van der Waals surface area contributed by atoms with Crippen molar-refractivity contribution in [3.05, 3.63) is 59.9 Å². The zero-order valence-corrected chi connectivity index (χ0v) is 9.69. The molecule has 1 rings (SSSR count). The average molecular weight is 222 g/mol. The highest BCUT2D eigenvalue weighted by molar-refractivity contribution is 8.19. The van der Waals surface area contributed by atoms with E-state index in [0.717, 1.165) is 6.42 Å². The Morgan fingerprint density at radius 1 is 1.07 bits per heavy atom. The van der Waals surface area contributed by atoms with E-state index < -0.39 is 0 Å². The van der Waals surface area contributed by atoms with Gasteiger partial charge in [-0.1, -0.05) is 43.5 Å². The van der Waals surface area contributed by atoms with Crippen LogP contribution in [0.5, 0.6) is 0 Å². The van der Waals surface area contributed by atoms with Crippen molar-refractivity contribution in [3.8, 4) is 0 Å². The summed E-state index contributed by atoms with van der Waals surface area (Å²) >= 11 is 3.50. The lowest BCUT2D eigenvalue weighted by Gasteiger charge is -2.11. The fourth-order valence-electron chi connectivity index (χ4n) is 1.15. The Hall–Kier alpha value is -0.600. The van der Waals surface area contributed by atoms with E-state index in [1.807, 2.05) is 16.9 Å². The lowest BCUT2D eigenvalue weighted by molar-refractivity contribution is 1.11. The van der Waals surface area contributed by atoms with Gasteiger partial charge >= 0.3 is 0 Å². The Labute approximate surface area is 94.5 Å². The third kappa shape index (κ3) is 4.07. The third-order valence-corrected chi connectivity index (χ3v) is 3.73. The molecule has 0 atom stereocenters. The van der Waals surface area contributed by atoms with E-state index in [2.05, 4.69) is 37.4 Å². The molecule has 0 unspecified atom stereocenters. The van der Waals surface area contributed by atoms with E-state index in [0.29, 0.717) is 4.58 Å². The van der Waals surface area contributed by atoms with Crippen LogP contribution in [0.1, 0.15) is 5.56 Å². The van der Waals surface area contributed by atoms with E-state index in [9.17, 15) is 0 Å². The van der Waals surface area contributed by atoms with Gasteiger partial charge in [0.15, 0.2) is 0 Å². The van der Waals surface area contributed by atoms with Gasteiger partial charge in [-0.2, -0.15) is 0 Å².